The van der Waals surface area contributed by atoms with E-state index in [0.29, 0.717) is 0 Å². The van der Waals surface area contributed by atoms with Gasteiger partial charge in [0.1, 0.15) is 7.05 Å². The summed E-state index contributed by atoms with van der Waals surface area (Å²) in [5.74, 6) is 0. The van der Waals surface area contributed by atoms with Gasteiger partial charge in [-0.05, 0) is 6.07 Å². The SMILES string of the molecule is C[n+]1cc[c]c2ccccc21. The van der Waals surface area contributed by atoms with E-state index in [2.05, 4.69) is 22.8 Å². The lowest BCUT2D eigenvalue weighted by Gasteiger charge is -1.92. The fraction of sp³-hybridized carbons (Fsp3) is 0.100. The van der Waals surface area contributed by atoms with Gasteiger partial charge >= 0.3 is 0 Å². The average molecular weight is 143 g/mol. The molecule has 1 radical (unpaired) electrons. The van der Waals surface area contributed by atoms with Crippen molar-refractivity contribution in [1.82, 2.24) is 0 Å². The van der Waals surface area contributed by atoms with Gasteiger partial charge in [-0.2, -0.15) is 0 Å². The van der Waals surface area contributed by atoms with Crippen molar-refractivity contribution < 1.29 is 4.57 Å². The maximum absolute atomic E-state index is 3.17. The smallest absolute Gasteiger partial charge is 0.201 e. The fourth-order valence-electron chi connectivity index (χ4n) is 1.22. The first kappa shape index (κ1) is 6.35. The minimum atomic E-state index is 1.16. The summed E-state index contributed by atoms with van der Waals surface area (Å²) in [5, 5.41) is 1.16. The van der Waals surface area contributed by atoms with Gasteiger partial charge in [0.2, 0.25) is 5.52 Å². The molecule has 53 valence electrons. The zero-order chi connectivity index (χ0) is 7.68. The van der Waals surface area contributed by atoms with E-state index in [-0.39, 0.29) is 0 Å². The van der Waals surface area contributed by atoms with Crippen LogP contribution in [-0.2, 0) is 7.05 Å². The number of benzene rings is 1. The van der Waals surface area contributed by atoms with Gasteiger partial charge in [-0.1, -0.05) is 12.1 Å². The Hall–Kier alpha value is -1.37. The third-order valence-corrected chi connectivity index (χ3v) is 1.82. The molecule has 1 heteroatoms. The molecule has 0 fully saturated rings. The number of pyridine rings is 1. The largest absolute Gasteiger partial charge is 0.212 e. The van der Waals surface area contributed by atoms with E-state index in [1.807, 2.05) is 31.4 Å². The Labute approximate surface area is 65.9 Å². The van der Waals surface area contributed by atoms with Gasteiger partial charge in [0.25, 0.3) is 0 Å². The topological polar surface area (TPSA) is 3.88 Å². The summed E-state index contributed by atoms with van der Waals surface area (Å²) >= 11 is 0. The normalized spacial score (nSPS) is 10.3. The molecule has 0 N–H and O–H groups in total. The molecule has 0 saturated carbocycles. The maximum atomic E-state index is 3.17. The molecule has 0 amide bonds. The Morgan fingerprint density at radius 3 is 2.91 bits per heavy atom. The van der Waals surface area contributed by atoms with Gasteiger partial charge in [-0.3, -0.25) is 0 Å². The van der Waals surface area contributed by atoms with Gasteiger partial charge < -0.3 is 0 Å². The van der Waals surface area contributed by atoms with Crippen molar-refractivity contribution >= 4 is 10.9 Å². The summed E-state index contributed by atoms with van der Waals surface area (Å²) in [6.07, 6.45) is 2.00. The molecule has 2 aromatic rings. The molecule has 0 aliphatic rings. The van der Waals surface area contributed by atoms with E-state index in [0.717, 1.165) is 5.39 Å². The molecule has 0 atom stereocenters. The van der Waals surface area contributed by atoms with Gasteiger partial charge in [0.05, 0.1) is 5.39 Å². The van der Waals surface area contributed by atoms with E-state index in [1.54, 1.807) is 0 Å². The molecule has 11 heavy (non-hydrogen) atoms. The summed E-state index contributed by atoms with van der Waals surface area (Å²) in [4.78, 5) is 0. The average Bonchev–Trinajstić information content (AvgIpc) is 2.06. The van der Waals surface area contributed by atoms with E-state index < -0.39 is 0 Å². The van der Waals surface area contributed by atoms with Gasteiger partial charge in [0.15, 0.2) is 6.20 Å². The van der Waals surface area contributed by atoms with Gasteiger partial charge in [-0.15, -0.1) is 0 Å². The minimum absolute atomic E-state index is 1.16. The van der Waals surface area contributed by atoms with Crippen LogP contribution < -0.4 is 4.57 Å². The number of rotatable bonds is 0. The van der Waals surface area contributed by atoms with Crippen molar-refractivity contribution in [1.29, 1.82) is 0 Å². The Morgan fingerprint density at radius 1 is 1.27 bits per heavy atom. The maximum Gasteiger partial charge on any atom is 0.212 e. The second kappa shape index (κ2) is 2.35. The standard InChI is InChI=1S/C10H9N/c1-11-8-4-6-9-5-2-3-7-10(9)11/h2-5,7-8H,1H3/q+1. The van der Waals surface area contributed by atoms with Crippen LogP contribution in [0.1, 0.15) is 0 Å². The summed E-state index contributed by atoms with van der Waals surface area (Å²) in [5.41, 5.74) is 1.22. The summed E-state index contributed by atoms with van der Waals surface area (Å²) in [6, 6.07) is 13.3. The molecule has 1 aromatic heterocycles. The number of nitrogens with zero attached hydrogens (tertiary/aromatic N) is 1. The Morgan fingerprint density at radius 2 is 2.09 bits per heavy atom. The predicted octanol–water partition coefficient (Wildman–Crippen LogP) is 1.46. The Bertz CT molecular complexity index is 374. The summed E-state index contributed by atoms with van der Waals surface area (Å²) in [7, 11) is 2.04. The number of hydrogen-bond donors (Lipinski definition) is 0. The first-order valence-corrected chi connectivity index (χ1v) is 3.63. The lowest BCUT2D eigenvalue weighted by atomic mass is 10.2. The van der Waals surface area contributed by atoms with Gasteiger partial charge in [0, 0.05) is 18.2 Å². The van der Waals surface area contributed by atoms with Crippen molar-refractivity contribution in [3.8, 4) is 0 Å². The highest BCUT2D eigenvalue weighted by atomic mass is 14.9. The van der Waals surface area contributed by atoms with Crippen LogP contribution in [0.4, 0.5) is 0 Å². The molecular weight excluding hydrogens is 134 g/mol. The van der Waals surface area contributed by atoms with E-state index in [1.165, 1.54) is 5.52 Å². The highest BCUT2D eigenvalue weighted by Crippen LogP contribution is 2.05. The molecule has 1 nitrogen and oxygen atoms in total. The van der Waals surface area contributed by atoms with Crippen LogP contribution in [0, 0.1) is 6.07 Å². The van der Waals surface area contributed by atoms with Crippen LogP contribution in [0.3, 0.4) is 0 Å². The van der Waals surface area contributed by atoms with Crippen LogP contribution in [0.25, 0.3) is 10.9 Å². The first-order chi connectivity index (χ1) is 5.38. The number of aromatic nitrogens is 1. The quantitative estimate of drug-likeness (QED) is 0.492. The molecule has 0 aliphatic carbocycles. The van der Waals surface area contributed by atoms with E-state index in [9.17, 15) is 0 Å². The van der Waals surface area contributed by atoms with Crippen LogP contribution in [-0.4, -0.2) is 0 Å². The molecular formula is C10H9N+. The molecule has 0 aliphatic heterocycles. The van der Waals surface area contributed by atoms with Crippen LogP contribution in [0.2, 0.25) is 0 Å². The minimum Gasteiger partial charge on any atom is -0.201 e. The fourth-order valence-corrected chi connectivity index (χ4v) is 1.22. The molecule has 0 spiro atoms. The lowest BCUT2D eigenvalue weighted by molar-refractivity contribution is -0.644. The number of hydrogen-bond acceptors (Lipinski definition) is 0. The second-order valence-corrected chi connectivity index (χ2v) is 2.59. The molecule has 2 rings (SSSR count). The van der Waals surface area contributed by atoms with Crippen molar-refractivity contribution in [2.24, 2.45) is 7.05 Å². The lowest BCUT2D eigenvalue weighted by Crippen LogP contribution is -2.27. The van der Waals surface area contributed by atoms with Crippen LogP contribution in [0.5, 0.6) is 0 Å². The Balaban J connectivity index is 2.91. The third-order valence-electron chi connectivity index (χ3n) is 1.82. The highest BCUT2D eigenvalue weighted by Gasteiger charge is 1.99. The van der Waals surface area contributed by atoms with Gasteiger partial charge in [-0.25, -0.2) is 4.57 Å². The first-order valence-electron chi connectivity index (χ1n) is 3.63. The predicted molar refractivity (Wildman–Crippen MR) is 44.0 cm³/mol. The molecule has 1 aromatic carbocycles. The van der Waals surface area contributed by atoms with Crippen molar-refractivity contribution in [3.05, 3.63) is 42.6 Å². The van der Waals surface area contributed by atoms with Crippen molar-refractivity contribution in [3.63, 3.8) is 0 Å². The number of para-hydroxylation sites is 1. The van der Waals surface area contributed by atoms with E-state index >= 15 is 0 Å². The second-order valence-electron chi connectivity index (χ2n) is 2.59. The molecule has 0 saturated heterocycles. The number of aryl methyl sites for hydroxylation is 1. The molecule has 1 heterocycles. The number of fused-ring (bicyclic) bond motifs is 1. The summed E-state index contributed by atoms with van der Waals surface area (Å²) < 4.78 is 2.09. The Kier molecular flexibility index (Phi) is 1.35. The van der Waals surface area contributed by atoms with Crippen LogP contribution in [0.15, 0.2) is 36.5 Å². The molecule has 0 unspecified atom stereocenters. The summed E-state index contributed by atoms with van der Waals surface area (Å²) in [6.45, 7) is 0. The zero-order valence-corrected chi connectivity index (χ0v) is 6.41. The van der Waals surface area contributed by atoms with E-state index in [4.69, 9.17) is 0 Å². The van der Waals surface area contributed by atoms with Crippen molar-refractivity contribution in [2.75, 3.05) is 0 Å². The monoisotopic (exact) mass is 143 g/mol. The zero-order valence-electron chi connectivity index (χ0n) is 6.41. The van der Waals surface area contributed by atoms with Crippen molar-refractivity contribution in [2.45, 2.75) is 0 Å². The van der Waals surface area contributed by atoms with Crippen LogP contribution >= 0.6 is 0 Å². The third kappa shape index (κ3) is 0.984. The molecule has 0 bridgehead atoms. The highest BCUT2D eigenvalue weighted by molar-refractivity contribution is 5.74.